The van der Waals surface area contributed by atoms with Crippen LogP contribution in [0.5, 0.6) is 0 Å². The van der Waals surface area contributed by atoms with Crippen LogP contribution in [0.4, 0.5) is 15.9 Å². The van der Waals surface area contributed by atoms with Crippen LogP contribution in [0.25, 0.3) is 11.2 Å². The SMILES string of the molecule is O=S(NCCO)c1ccc(Nc2cc(C3=C(F)C=CCC=C3)nc3c(Br)cnn23)cc1. The van der Waals surface area contributed by atoms with Gasteiger partial charge in [0.15, 0.2) is 5.65 Å². The molecule has 31 heavy (non-hydrogen) atoms. The van der Waals surface area contributed by atoms with Gasteiger partial charge in [0.25, 0.3) is 0 Å². The first-order valence-electron chi connectivity index (χ1n) is 9.47. The summed E-state index contributed by atoms with van der Waals surface area (Å²) in [5.41, 5.74) is 2.15. The molecule has 1 atom stereocenters. The van der Waals surface area contributed by atoms with Crippen molar-refractivity contribution in [3.8, 4) is 0 Å². The molecule has 0 fully saturated rings. The Morgan fingerprint density at radius 2 is 2.00 bits per heavy atom. The second kappa shape index (κ2) is 9.65. The minimum atomic E-state index is -1.40. The smallest absolute Gasteiger partial charge is 0.172 e. The Labute approximate surface area is 189 Å². The molecule has 0 saturated heterocycles. The zero-order valence-electron chi connectivity index (χ0n) is 16.3. The monoisotopic (exact) mass is 503 g/mol. The van der Waals surface area contributed by atoms with Gasteiger partial charge in [0, 0.05) is 23.9 Å². The maximum atomic E-state index is 14.6. The minimum absolute atomic E-state index is 0.0901. The third-order valence-electron chi connectivity index (χ3n) is 4.47. The van der Waals surface area contributed by atoms with E-state index in [4.69, 9.17) is 5.11 Å². The Bertz CT molecular complexity index is 1220. The van der Waals surface area contributed by atoms with E-state index in [2.05, 4.69) is 36.1 Å². The van der Waals surface area contributed by atoms with E-state index in [1.54, 1.807) is 53.2 Å². The van der Waals surface area contributed by atoms with Crippen molar-refractivity contribution in [2.24, 2.45) is 0 Å². The van der Waals surface area contributed by atoms with Crippen LogP contribution in [0, 0.1) is 0 Å². The summed E-state index contributed by atoms with van der Waals surface area (Å²) in [5.74, 6) is 0.245. The van der Waals surface area contributed by atoms with Gasteiger partial charge >= 0.3 is 0 Å². The van der Waals surface area contributed by atoms with Crippen LogP contribution in [0.2, 0.25) is 0 Å². The molecule has 3 N–H and O–H groups in total. The number of anilines is 2. The topological polar surface area (TPSA) is 91.5 Å². The predicted molar refractivity (Wildman–Crippen MR) is 123 cm³/mol. The number of hydrogen-bond acceptors (Lipinski definition) is 5. The summed E-state index contributed by atoms with van der Waals surface area (Å²) in [5, 5.41) is 16.5. The lowest BCUT2D eigenvalue weighted by Gasteiger charge is -2.12. The number of benzene rings is 1. The lowest BCUT2D eigenvalue weighted by Crippen LogP contribution is -2.20. The van der Waals surface area contributed by atoms with Gasteiger partial charge in [-0.3, -0.25) is 0 Å². The minimum Gasteiger partial charge on any atom is -0.395 e. The number of halogens is 2. The van der Waals surface area contributed by atoms with Crippen molar-refractivity contribution in [3.05, 3.63) is 76.8 Å². The van der Waals surface area contributed by atoms with E-state index in [-0.39, 0.29) is 19.0 Å². The highest BCUT2D eigenvalue weighted by Gasteiger charge is 2.15. The van der Waals surface area contributed by atoms with Crippen LogP contribution < -0.4 is 10.0 Å². The number of rotatable bonds is 7. The lowest BCUT2D eigenvalue weighted by molar-refractivity contribution is 0.302. The number of nitrogens with one attached hydrogen (secondary N) is 2. The molecule has 1 aliphatic carbocycles. The molecular formula is C21H19BrFN5O2S. The lowest BCUT2D eigenvalue weighted by atomic mass is 10.1. The molecule has 0 radical (unpaired) electrons. The van der Waals surface area contributed by atoms with E-state index in [0.29, 0.717) is 38.5 Å². The van der Waals surface area contributed by atoms with Crippen LogP contribution >= 0.6 is 15.9 Å². The highest BCUT2D eigenvalue weighted by Crippen LogP contribution is 2.29. The molecule has 7 nitrogen and oxygen atoms in total. The quantitative estimate of drug-likeness (QED) is 0.452. The van der Waals surface area contributed by atoms with Crippen molar-refractivity contribution in [1.82, 2.24) is 19.3 Å². The average Bonchev–Trinajstić information content (AvgIpc) is 3.01. The van der Waals surface area contributed by atoms with Gasteiger partial charge in [0.1, 0.15) is 22.6 Å². The highest BCUT2D eigenvalue weighted by molar-refractivity contribution is 9.10. The molecule has 160 valence electrons. The molecule has 0 amide bonds. The van der Waals surface area contributed by atoms with E-state index in [0.717, 1.165) is 5.69 Å². The molecule has 2 heterocycles. The summed E-state index contributed by atoms with van der Waals surface area (Å²) in [6.45, 7) is 0.155. The fraction of sp³-hybridized carbons (Fsp3) is 0.143. The number of allylic oxidation sites excluding steroid dienone is 6. The Morgan fingerprint density at radius 1 is 1.23 bits per heavy atom. The molecule has 2 aromatic heterocycles. The summed E-state index contributed by atoms with van der Waals surface area (Å²) >= 11 is 3.45. The molecule has 10 heteroatoms. The largest absolute Gasteiger partial charge is 0.395 e. The molecular weight excluding hydrogens is 485 g/mol. The number of aliphatic hydroxyl groups is 1. The van der Waals surface area contributed by atoms with Gasteiger partial charge in [0.05, 0.1) is 27.9 Å². The fourth-order valence-corrected chi connectivity index (χ4v) is 4.18. The van der Waals surface area contributed by atoms with E-state index in [1.165, 1.54) is 6.08 Å². The summed E-state index contributed by atoms with van der Waals surface area (Å²) in [6, 6.07) is 8.75. The Morgan fingerprint density at radius 3 is 2.77 bits per heavy atom. The molecule has 3 aromatic rings. The van der Waals surface area contributed by atoms with Crippen molar-refractivity contribution >= 4 is 49.6 Å². The van der Waals surface area contributed by atoms with Gasteiger partial charge in [-0.2, -0.15) is 9.61 Å². The van der Waals surface area contributed by atoms with Gasteiger partial charge in [-0.25, -0.2) is 18.3 Å². The molecule has 4 rings (SSSR count). The molecule has 1 aromatic carbocycles. The number of nitrogens with zero attached hydrogens (tertiary/aromatic N) is 3. The number of aliphatic hydroxyl groups excluding tert-OH is 1. The highest BCUT2D eigenvalue weighted by atomic mass is 79.9. The van der Waals surface area contributed by atoms with Crippen molar-refractivity contribution in [2.45, 2.75) is 11.3 Å². The first kappa shape index (κ1) is 21.6. The molecule has 0 bridgehead atoms. The zero-order valence-corrected chi connectivity index (χ0v) is 18.7. The first-order valence-corrected chi connectivity index (χ1v) is 11.4. The normalized spacial score (nSPS) is 14.8. The first-order chi connectivity index (χ1) is 15.1. The summed E-state index contributed by atoms with van der Waals surface area (Å²) in [7, 11) is -1.40. The van der Waals surface area contributed by atoms with Gasteiger partial charge in [-0.05, 0) is 52.7 Å². The van der Waals surface area contributed by atoms with Gasteiger partial charge < -0.3 is 10.4 Å². The second-order valence-corrected chi connectivity index (χ2v) is 8.74. The number of fused-ring (bicyclic) bond motifs is 1. The van der Waals surface area contributed by atoms with Crippen LogP contribution in [0.3, 0.4) is 0 Å². The molecule has 1 aliphatic rings. The predicted octanol–water partition coefficient (Wildman–Crippen LogP) is 4.04. The number of aromatic nitrogens is 3. The Balaban J connectivity index is 1.69. The van der Waals surface area contributed by atoms with Crippen LogP contribution in [0.15, 0.2) is 76.0 Å². The molecule has 0 spiro atoms. The third-order valence-corrected chi connectivity index (χ3v) is 6.19. The Kier molecular flexibility index (Phi) is 6.71. The average molecular weight is 504 g/mol. The van der Waals surface area contributed by atoms with Crippen molar-refractivity contribution < 1.29 is 13.7 Å². The summed E-state index contributed by atoms with van der Waals surface area (Å²) in [4.78, 5) is 5.17. The van der Waals surface area contributed by atoms with Crippen molar-refractivity contribution in [2.75, 3.05) is 18.5 Å². The molecule has 0 aliphatic heterocycles. The van der Waals surface area contributed by atoms with E-state index < -0.39 is 11.0 Å². The van der Waals surface area contributed by atoms with Gasteiger partial charge in [0.2, 0.25) is 0 Å². The molecule has 1 unspecified atom stereocenters. The fourth-order valence-electron chi connectivity index (χ4n) is 3.01. The Hall–Kier alpha value is -2.66. The standard InChI is InChI=1S/C21H19BrFN5O2S/c22-17-13-24-28-20(26-14-6-8-15(9-7-14)31(30)25-10-11-29)12-19(27-21(17)28)16-4-2-1-3-5-18(16)23/h2-9,12-13,25-26,29H,1,10-11H2. The number of hydrogen-bond donors (Lipinski definition) is 3. The van der Waals surface area contributed by atoms with Crippen molar-refractivity contribution in [3.63, 3.8) is 0 Å². The van der Waals surface area contributed by atoms with E-state index in [1.807, 2.05) is 6.08 Å². The van der Waals surface area contributed by atoms with E-state index in [9.17, 15) is 8.60 Å². The third kappa shape index (κ3) is 4.82. The van der Waals surface area contributed by atoms with Crippen LogP contribution in [0.1, 0.15) is 12.1 Å². The summed E-state index contributed by atoms with van der Waals surface area (Å²) < 4.78 is 31.7. The maximum absolute atomic E-state index is 14.6. The maximum Gasteiger partial charge on any atom is 0.172 e. The van der Waals surface area contributed by atoms with Crippen molar-refractivity contribution in [1.29, 1.82) is 0 Å². The summed E-state index contributed by atoms with van der Waals surface area (Å²) in [6.07, 6.45) is 9.10. The van der Waals surface area contributed by atoms with Gasteiger partial charge in [-0.1, -0.05) is 18.2 Å². The van der Waals surface area contributed by atoms with E-state index >= 15 is 0 Å². The second-order valence-electron chi connectivity index (χ2n) is 6.59. The van der Waals surface area contributed by atoms with Crippen LogP contribution in [-0.2, 0) is 11.0 Å². The zero-order chi connectivity index (χ0) is 21.8. The van der Waals surface area contributed by atoms with Crippen LogP contribution in [-0.4, -0.2) is 37.1 Å². The van der Waals surface area contributed by atoms with Gasteiger partial charge in [-0.15, -0.1) is 0 Å². The molecule has 0 saturated carbocycles.